The van der Waals surface area contributed by atoms with Gasteiger partial charge < -0.3 is 10.3 Å². The number of amides is 1. The van der Waals surface area contributed by atoms with Gasteiger partial charge in [-0.2, -0.15) is 0 Å². The number of imidazole rings is 1. The summed E-state index contributed by atoms with van der Waals surface area (Å²) in [6.45, 7) is 1.80. The van der Waals surface area contributed by atoms with Gasteiger partial charge >= 0.3 is 0 Å². The summed E-state index contributed by atoms with van der Waals surface area (Å²) in [6.07, 6.45) is 1.50. The molecule has 128 valence electrons. The van der Waals surface area contributed by atoms with Crippen LogP contribution >= 0.6 is 12.2 Å². The van der Waals surface area contributed by atoms with E-state index in [0.717, 1.165) is 5.56 Å². The van der Waals surface area contributed by atoms with Gasteiger partial charge in [-0.1, -0.05) is 12.1 Å². The van der Waals surface area contributed by atoms with Crippen LogP contribution in [0.3, 0.4) is 0 Å². The number of benzene rings is 2. The molecule has 4 nitrogen and oxygen atoms in total. The molecule has 1 heterocycles. The highest BCUT2D eigenvalue weighted by Gasteiger charge is 2.17. The molecule has 0 saturated heterocycles. The van der Waals surface area contributed by atoms with Crippen LogP contribution < -0.4 is 5.32 Å². The molecule has 0 bridgehead atoms. The van der Waals surface area contributed by atoms with Crippen LogP contribution in [0.15, 0.2) is 54.7 Å². The Bertz CT molecular complexity index is 946. The van der Waals surface area contributed by atoms with Crippen LogP contribution in [0.1, 0.15) is 29.0 Å². The van der Waals surface area contributed by atoms with E-state index in [1.54, 1.807) is 31.2 Å². The maximum absolute atomic E-state index is 13.1. The molecule has 2 N–H and O–H groups in total. The lowest BCUT2D eigenvalue weighted by Crippen LogP contribution is -2.28. The average molecular weight is 359 g/mol. The fourth-order valence-electron chi connectivity index (χ4n) is 2.49. The Balaban J connectivity index is 1.87. The number of aromatic amines is 1. The molecule has 0 spiro atoms. The van der Waals surface area contributed by atoms with Crippen molar-refractivity contribution in [2.75, 3.05) is 0 Å². The predicted molar refractivity (Wildman–Crippen MR) is 93.2 cm³/mol. The van der Waals surface area contributed by atoms with Crippen LogP contribution in [0.5, 0.6) is 0 Å². The third-order valence-corrected chi connectivity index (χ3v) is 4.11. The van der Waals surface area contributed by atoms with Crippen LogP contribution in [0.25, 0.3) is 5.69 Å². The van der Waals surface area contributed by atoms with Gasteiger partial charge in [0.2, 0.25) is 0 Å². The summed E-state index contributed by atoms with van der Waals surface area (Å²) >= 11 is 5.22. The van der Waals surface area contributed by atoms with Crippen molar-refractivity contribution in [3.05, 3.63) is 82.4 Å². The van der Waals surface area contributed by atoms with Crippen molar-refractivity contribution in [3.63, 3.8) is 0 Å². The number of nitrogens with zero attached hydrogens (tertiary/aromatic N) is 1. The van der Waals surface area contributed by atoms with E-state index in [0.29, 0.717) is 16.2 Å². The first-order valence-electron chi connectivity index (χ1n) is 7.58. The van der Waals surface area contributed by atoms with E-state index < -0.39 is 0 Å². The molecule has 0 fully saturated rings. The molecule has 7 heteroatoms. The summed E-state index contributed by atoms with van der Waals surface area (Å²) in [4.78, 5) is 15.4. The first-order chi connectivity index (χ1) is 12.0. The number of nitrogens with one attached hydrogen (secondary N) is 2. The fraction of sp³-hybridized carbons (Fsp3) is 0.111. The van der Waals surface area contributed by atoms with Crippen LogP contribution in [0, 0.1) is 16.4 Å². The molecular formula is C18H15F2N3OS. The Kier molecular flexibility index (Phi) is 4.76. The number of hydrogen-bond donors (Lipinski definition) is 2. The number of halogens is 2. The van der Waals surface area contributed by atoms with Crippen molar-refractivity contribution in [2.24, 2.45) is 0 Å². The number of carbonyl (C=O) groups is 1. The Morgan fingerprint density at radius 2 is 1.64 bits per heavy atom. The smallest absolute Gasteiger partial charge is 0.270 e. The third-order valence-electron chi connectivity index (χ3n) is 3.81. The lowest BCUT2D eigenvalue weighted by Gasteiger charge is -2.15. The highest BCUT2D eigenvalue weighted by molar-refractivity contribution is 7.71. The van der Waals surface area contributed by atoms with Crippen molar-refractivity contribution in [3.8, 4) is 5.69 Å². The maximum atomic E-state index is 13.1. The molecule has 25 heavy (non-hydrogen) atoms. The minimum Gasteiger partial charge on any atom is -0.344 e. The zero-order valence-electron chi connectivity index (χ0n) is 13.3. The number of hydrogen-bond acceptors (Lipinski definition) is 2. The number of aromatic nitrogens is 2. The topological polar surface area (TPSA) is 49.8 Å². The Labute approximate surface area is 148 Å². The molecular weight excluding hydrogens is 344 g/mol. The molecule has 1 amide bonds. The van der Waals surface area contributed by atoms with Crippen molar-refractivity contribution in [1.82, 2.24) is 14.9 Å². The molecule has 1 aromatic heterocycles. The Morgan fingerprint density at radius 3 is 2.24 bits per heavy atom. The molecule has 2 aromatic carbocycles. The molecule has 0 aliphatic heterocycles. The number of carbonyl (C=O) groups excluding carboxylic acids is 1. The first kappa shape index (κ1) is 17.0. The minimum absolute atomic E-state index is 0.297. The Morgan fingerprint density at radius 1 is 1.08 bits per heavy atom. The third kappa shape index (κ3) is 3.66. The molecule has 0 radical (unpaired) electrons. The van der Waals surface area contributed by atoms with E-state index in [1.807, 2.05) is 0 Å². The van der Waals surface area contributed by atoms with Gasteiger partial charge in [-0.25, -0.2) is 8.78 Å². The zero-order chi connectivity index (χ0) is 18.0. The highest BCUT2D eigenvalue weighted by Crippen LogP contribution is 2.17. The van der Waals surface area contributed by atoms with Crippen LogP contribution in [-0.4, -0.2) is 15.5 Å². The normalized spacial score (nSPS) is 12.0. The standard InChI is InChI=1S/C18H15F2N3OS/c1-11(12-2-4-13(19)5-3-12)22-17(24)16-10-21-18(25)23(16)15-8-6-14(20)7-9-15/h2-11H,1H3,(H,21,25)(H,22,24). The monoisotopic (exact) mass is 359 g/mol. The predicted octanol–water partition coefficient (Wildman–Crippen LogP) is 4.30. The Hall–Kier alpha value is -2.80. The lowest BCUT2D eigenvalue weighted by molar-refractivity contribution is 0.0933. The lowest BCUT2D eigenvalue weighted by atomic mass is 10.1. The summed E-state index contributed by atoms with van der Waals surface area (Å²) in [5, 5.41) is 2.84. The molecule has 0 saturated carbocycles. The van der Waals surface area contributed by atoms with Gasteiger partial charge in [0.15, 0.2) is 4.77 Å². The summed E-state index contributed by atoms with van der Waals surface area (Å²) in [5.74, 6) is -1.06. The first-order valence-corrected chi connectivity index (χ1v) is 7.99. The summed E-state index contributed by atoms with van der Waals surface area (Å²) < 4.78 is 28.0. The maximum Gasteiger partial charge on any atom is 0.270 e. The van der Waals surface area contributed by atoms with E-state index in [-0.39, 0.29) is 23.6 Å². The molecule has 0 aliphatic carbocycles. The molecule has 3 rings (SSSR count). The van der Waals surface area contributed by atoms with Gasteiger partial charge in [0.25, 0.3) is 5.91 Å². The zero-order valence-corrected chi connectivity index (χ0v) is 14.1. The van der Waals surface area contributed by atoms with Crippen LogP contribution in [-0.2, 0) is 0 Å². The molecule has 1 atom stereocenters. The average Bonchev–Trinajstić information content (AvgIpc) is 2.98. The van der Waals surface area contributed by atoms with Crippen molar-refractivity contribution in [1.29, 1.82) is 0 Å². The van der Waals surface area contributed by atoms with Gasteiger partial charge in [-0.15, -0.1) is 0 Å². The second-order valence-electron chi connectivity index (χ2n) is 5.54. The number of rotatable bonds is 4. The minimum atomic E-state index is -0.373. The quantitative estimate of drug-likeness (QED) is 0.682. The SMILES string of the molecule is CC(NC(=O)c1c[nH]c(=S)n1-c1ccc(F)cc1)c1ccc(F)cc1. The number of H-pyrrole nitrogens is 1. The van der Waals surface area contributed by atoms with E-state index in [1.165, 1.54) is 35.0 Å². The summed E-state index contributed by atoms with van der Waals surface area (Å²) in [6, 6.07) is 11.3. The summed E-state index contributed by atoms with van der Waals surface area (Å²) in [5.41, 5.74) is 1.65. The van der Waals surface area contributed by atoms with Crippen molar-refractivity contribution >= 4 is 18.1 Å². The van der Waals surface area contributed by atoms with Gasteiger partial charge in [0.05, 0.1) is 6.04 Å². The fourth-order valence-corrected chi connectivity index (χ4v) is 2.75. The van der Waals surface area contributed by atoms with E-state index in [2.05, 4.69) is 10.3 Å². The highest BCUT2D eigenvalue weighted by atomic mass is 32.1. The van der Waals surface area contributed by atoms with Gasteiger partial charge in [-0.05, 0) is 61.1 Å². The van der Waals surface area contributed by atoms with E-state index >= 15 is 0 Å². The van der Waals surface area contributed by atoms with Gasteiger partial charge in [0.1, 0.15) is 17.3 Å². The van der Waals surface area contributed by atoms with E-state index in [4.69, 9.17) is 12.2 Å². The molecule has 1 unspecified atom stereocenters. The molecule has 0 aliphatic rings. The van der Waals surface area contributed by atoms with Crippen molar-refractivity contribution in [2.45, 2.75) is 13.0 Å². The van der Waals surface area contributed by atoms with Crippen molar-refractivity contribution < 1.29 is 13.6 Å². The van der Waals surface area contributed by atoms with Crippen LogP contribution in [0.4, 0.5) is 8.78 Å². The second-order valence-corrected chi connectivity index (χ2v) is 5.92. The largest absolute Gasteiger partial charge is 0.344 e. The van der Waals surface area contributed by atoms with Crippen LogP contribution in [0.2, 0.25) is 0 Å². The van der Waals surface area contributed by atoms with Gasteiger partial charge in [-0.3, -0.25) is 9.36 Å². The van der Waals surface area contributed by atoms with Gasteiger partial charge in [0, 0.05) is 11.9 Å². The molecule has 3 aromatic rings. The second kappa shape index (κ2) is 6.98. The van der Waals surface area contributed by atoms with E-state index in [9.17, 15) is 13.6 Å². The summed E-state index contributed by atoms with van der Waals surface area (Å²) in [7, 11) is 0.